The molecule has 5 nitrogen and oxygen atoms in total. The van der Waals surface area contributed by atoms with E-state index in [0.717, 1.165) is 29.9 Å². The Hall–Kier alpha value is -2.82. The number of nitrogen functional groups attached to an aromatic ring is 1. The molecule has 0 radical (unpaired) electrons. The maximum atomic E-state index is 11.8. The van der Waals surface area contributed by atoms with Crippen molar-refractivity contribution in [1.82, 2.24) is 5.43 Å². The smallest absolute Gasteiger partial charge is 0.244 e. The topological polar surface area (TPSA) is 76.7 Å². The second-order valence-corrected chi connectivity index (χ2v) is 5.84. The first-order valence-corrected chi connectivity index (χ1v) is 8.56. The normalized spacial score (nSPS) is 10.8. The highest BCUT2D eigenvalue weighted by atomic mass is 16.5. The number of amides is 1. The zero-order valence-electron chi connectivity index (χ0n) is 14.6. The van der Waals surface area contributed by atoms with Gasteiger partial charge in [0, 0.05) is 5.69 Å². The lowest BCUT2D eigenvalue weighted by atomic mass is 10.1. The zero-order valence-corrected chi connectivity index (χ0v) is 14.6. The van der Waals surface area contributed by atoms with Gasteiger partial charge in [-0.15, -0.1) is 0 Å². The van der Waals surface area contributed by atoms with Gasteiger partial charge in [0.2, 0.25) is 5.91 Å². The number of carbonyl (C=O) groups excluding carboxylic acids is 1. The van der Waals surface area contributed by atoms with Gasteiger partial charge in [-0.2, -0.15) is 5.10 Å². The van der Waals surface area contributed by atoms with Gasteiger partial charge in [0.05, 0.1) is 19.2 Å². The van der Waals surface area contributed by atoms with Gasteiger partial charge in [0.1, 0.15) is 5.75 Å². The van der Waals surface area contributed by atoms with Crippen molar-refractivity contribution < 1.29 is 9.53 Å². The number of hydrogen-bond acceptors (Lipinski definition) is 4. The molecule has 0 heterocycles. The number of ether oxygens (including phenoxy) is 1. The Bertz CT molecular complexity index is 679. The van der Waals surface area contributed by atoms with Gasteiger partial charge in [-0.05, 0) is 53.9 Å². The summed E-state index contributed by atoms with van der Waals surface area (Å²) in [6.07, 6.45) is 5.31. The first-order valence-electron chi connectivity index (χ1n) is 8.56. The molecule has 0 bridgehead atoms. The maximum Gasteiger partial charge on any atom is 0.244 e. The number of hydrogen-bond donors (Lipinski definition) is 2. The summed E-state index contributed by atoms with van der Waals surface area (Å²) in [6, 6.07) is 14.8. The van der Waals surface area contributed by atoms with Crippen LogP contribution in [-0.4, -0.2) is 18.7 Å². The summed E-state index contributed by atoms with van der Waals surface area (Å²) in [4.78, 5) is 11.8. The molecule has 0 atom stereocenters. The van der Waals surface area contributed by atoms with E-state index in [2.05, 4.69) is 17.5 Å². The molecule has 2 rings (SSSR count). The number of unbranched alkanes of at least 4 members (excludes halogenated alkanes) is 2. The SMILES string of the molecule is CCCCCOc1ccc(/C=N\NC(=O)Cc2ccc(N)cc2)cc1. The Morgan fingerprint density at radius 1 is 1.12 bits per heavy atom. The molecular weight excluding hydrogens is 314 g/mol. The number of anilines is 1. The van der Waals surface area contributed by atoms with E-state index in [0.29, 0.717) is 5.69 Å². The fraction of sp³-hybridized carbons (Fsp3) is 0.300. The number of carbonyl (C=O) groups is 1. The van der Waals surface area contributed by atoms with Gasteiger partial charge in [-0.3, -0.25) is 4.79 Å². The Morgan fingerprint density at radius 2 is 1.84 bits per heavy atom. The largest absolute Gasteiger partial charge is 0.494 e. The van der Waals surface area contributed by atoms with E-state index in [-0.39, 0.29) is 12.3 Å². The average molecular weight is 339 g/mol. The van der Waals surface area contributed by atoms with E-state index in [1.807, 2.05) is 36.4 Å². The molecular formula is C20H25N3O2. The van der Waals surface area contributed by atoms with Crippen LogP contribution in [0.15, 0.2) is 53.6 Å². The predicted octanol–water partition coefficient (Wildman–Crippen LogP) is 3.53. The first kappa shape index (κ1) is 18.5. The predicted molar refractivity (Wildman–Crippen MR) is 102 cm³/mol. The molecule has 1 amide bonds. The molecule has 132 valence electrons. The molecule has 0 aliphatic rings. The maximum absolute atomic E-state index is 11.8. The van der Waals surface area contributed by atoms with Crippen molar-refractivity contribution in [2.75, 3.05) is 12.3 Å². The first-order chi connectivity index (χ1) is 12.2. The molecule has 2 aromatic rings. The van der Waals surface area contributed by atoms with Crippen LogP contribution in [0.2, 0.25) is 0 Å². The Balaban J connectivity index is 1.75. The summed E-state index contributed by atoms with van der Waals surface area (Å²) < 4.78 is 5.66. The quantitative estimate of drug-likeness (QED) is 0.317. The van der Waals surface area contributed by atoms with Gasteiger partial charge in [0.25, 0.3) is 0 Å². The molecule has 2 aromatic carbocycles. The minimum absolute atomic E-state index is 0.170. The monoisotopic (exact) mass is 339 g/mol. The van der Waals surface area contributed by atoms with Crippen molar-refractivity contribution in [3.05, 3.63) is 59.7 Å². The molecule has 5 heteroatoms. The molecule has 25 heavy (non-hydrogen) atoms. The Kier molecular flexibility index (Phi) is 7.50. The van der Waals surface area contributed by atoms with Gasteiger partial charge in [-0.1, -0.05) is 31.9 Å². The fourth-order valence-corrected chi connectivity index (χ4v) is 2.23. The van der Waals surface area contributed by atoms with Crippen molar-refractivity contribution in [2.45, 2.75) is 32.6 Å². The summed E-state index contributed by atoms with van der Waals surface area (Å²) in [5.41, 5.74) is 10.6. The van der Waals surface area contributed by atoms with Gasteiger partial charge >= 0.3 is 0 Å². The minimum Gasteiger partial charge on any atom is -0.494 e. The van der Waals surface area contributed by atoms with Crippen LogP contribution in [0.1, 0.15) is 37.3 Å². The van der Waals surface area contributed by atoms with Crippen LogP contribution in [-0.2, 0) is 11.2 Å². The number of nitrogens with zero attached hydrogens (tertiary/aromatic N) is 1. The number of benzene rings is 2. The van der Waals surface area contributed by atoms with Crippen molar-refractivity contribution in [2.24, 2.45) is 5.10 Å². The van der Waals surface area contributed by atoms with Crippen LogP contribution in [0, 0.1) is 0 Å². The van der Waals surface area contributed by atoms with Crippen LogP contribution in [0.4, 0.5) is 5.69 Å². The van der Waals surface area contributed by atoms with Crippen LogP contribution >= 0.6 is 0 Å². The minimum atomic E-state index is -0.170. The summed E-state index contributed by atoms with van der Waals surface area (Å²) in [7, 11) is 0. The van der Waals surface area contributed by atoms with Gasteiger partial charge in [0.15, 0.2) is 0 Å². The molecule has 0 aliphatic heterocycles. The van der Waals surface area contributed by atoms with E-state index in [1.54, 1.807) is 18.3 Å². The second-order valence-electron chi connectivity index (χ2n) is 5.84. The Morgan fingerprint density at radius 3 is 2.52 bits per heavy atom. The van der Waals surface area contributed by atoms with Gasteiger partial charge in [-0.25, -0.2) is 5.43 Å². The van der Waals surface area contributed by atoms with Crippen molar-refractivity contribution >= 4 is 17.8 Å². The number of rotatable bonds is 9. The molecule has 0 saturated carbocycles. The number of nitrogens with one attached hydrogen (secondary N) is 1. The average Bonchev–Trinajstić information content (AvgIpc) is 2.62. The third-order valence-corrected chi connectivity index (χ3v) is 3.64. The summed E-state index contributed by atoms with van der Waals surface area (Å²) in [6.45, 7) is 2.91. The molecule has 0 spiro atoms. The molecule has 0 aliphatic carbocycles. The fourth-order valence-electron chi connectivity index (χ4n) is 2.23. The third kappa shape index (κ3) is 7.08. The van der Waals surface area contributed by atoms with E-state index in [1.165, 1.54) is 12.8 Å². The summed E-state index contributed by atoms with van der Waals surface area (Å²) >= 11 is 0. The molecule has 0 saturated heterocycles. The van der Waals surface area contributed by atoms with Gasteiger partial charge < -0.3 is 10.5 Å². The lowest BCUT2D eigenvalue weighted by Gasteiger charge is -2.05. The molecule has 0 aromatic heterocycles. The lowest BCUT2D eigenvalue weighted by Crippen LogP contribution is -2.19. The van der Waals surface area contributed by atoms with Crippen LogP contribution in [0.5, 0.6) is 5.75 Å². The number of hydrazone groups is 1. The zero-order chi connectivity index (χ0) is 17.9. The highest BCUT2D eigenvalue weighted by molar-refractivity contribution is 5.83. The van der Waals surface area contributed by atoms with E-state index in [4.69, 9.17) is 10.5 Å². The lowest BCUT2D eigenvalue weighted by molar-refractivity contribution is -0.120. The third-order valence-electron chi connectivity index (χ3n) is 3.64. The van der Waals surface area contributed by atoms with E-state index >= 15 is 0 Å². The van der Waals surface area contributed by atoms with Crippen LogP contribution in [0.3, 0.4) is 0 Å². The summed E-state index contributed by atoms with van der Waals surface area (Å²) in [5, 5.41) is 3.98. The number of nitrogens with two attached hydrogens (primary N) is 1. The summed E-state index contributed by atoms with van der Waals surface area (Å²) in [5.74, 6) is 0.678. The van der Waals surface area contributed by atoms with Crippen molar-refractivity contribution in [1.29, 1.82) is 0 Å². The van der Waals surface area contributed by atoms with E-state index in [9.17, 15) is 4.79 Å². The van der Waals surface area contributed by atoms with Crippen molar-refractivity contribution in [3.63, 3.8) is 0 Å². The molecule has 3 N–H and O–H groups in total. The van der Waals surface area contributed by atoms with Crippen LogP contribution < -0.4 is 15.9 Å². The molecule has 0 unspecified atom stereocenters. The highest BCUT2D eigenvalue weighted by Crippen LogP contribution is 2.12. The Labute approximate surface area is 148 Å². The molecule has 0 fully saturated rings. The highest BCUT2D eigenvalue weighted by Gasteiger charge is 2.01. The van der Waals surface area contributed by atoms with Crippen LogP contribution in [0.25, 0.3) is 0 Å². The van der Waals surface area contributed by atoms with Crippen molar-refractivity contribution in [3.8, 4) is 5.75 Å². The van der Waals surface area contributed by atoms with E-state index < -0.39 is 0 Å². The standard InChI is InChI=1S/C20H25N3O2/c1-2-3-4-13-25-19-11-7-17(8-12-19)15-22-23-20(24)14-16-5-9-18(21)10-6-16/h5-12,15H,2-4,13-14,21H2,1H3,(H,23,24)/b22-15-. The second kappa shape index (κ2) is 10.1.